The van der Waals surface area contributed by atoms with Gasteiger partial charge in [-0.3, -0.25) is 4.79 Å². The second-order valence-electron chi connectivity index (χ2n) is 7.49. The van der Waals surface area contributed by atoms with Gasteiger partial charge < -0.3 is 19.7 Å². The third-order valence-electron chi connectivity index (χ3n) is 5.36. The van der Waals surface area contributed by atoms with E-state index >= 15 is 0 Å². The van der Waals surface area contributed by atoms with Gasteiger partial charge >= 0.3 is 5.97 Å². The second-order valence-corrected chi connectivity index (χ2v) is 7.49. The highest BCUT2D eigenvalue weighted by molar-refractivity contribution is 6.03. The third kappa shape index (κ3) is 4.45. The third-order valence-corrected chi connectivity index (χ3v) is 5.36. The highest BCUT2D eigenvalue weighted by Gasteiger charge is 2.47. The number of aliphatic hydroxyl groups excluding tert-OH is 1. The van der Waals surface area contributed by atoms with Gasteiger partial charge in [-0.05, 0) is 38.8 Å². The number of rotatable bonds is 9. The maximum absolute atomic E-state index is 12.8. The van der Waals surface area contributed by atoms with Crippen molar-refractivity contribution in [3.05, 3.63) is 46.5 Å². The monoisotopic (exact) mass is 390 g/mol. The molecule has 1 aliphatic carbocycles. The van der Waals surface area contributed by atoms with Crippen LogP contribution in [-0.4, -0.2) is 41.3 Å². The Balaban J connectivity index is 2.30. The number of unbranched alkanes of at least 4 members (excludes halogenated alkanes) is 3. The lowest BCUT2D eigenvalue weighted by atomic mass is 9.87. The average molecular weight is 390 g/mol. The molecule has 0 spiro atoms. The predicted octanol–water partition coefficient (Wildman–Crippen LogP) is 3.11. The van der Waals surface area contributed by atoms with Crippen molar-refractivity contribution in [3.8, 4) is 0 Å². The summed E-state index contributed by atoms with van der Waals surface area (Å²) < 4.78 is 10.3. The first-order valence-electron chi connectivity index (χ1n) is 9.72. The molecule has 1 aliphatic heterocycles. The van der Waals surface area contributed by atoms with Crippen molar-refractivity contribution in [1.29, 1.82) is 0 Å². The number of methoxy groups -OCH3 is 1. The highest BCUT2D eigenvalue weighted by atomic mass is 16.5. The van der Waals surface area contributed by atoms with E-state index in [0.29, 0.717) is 23.3 Å². The van der Waals surface area contributed by atoms with Crippen molar-refractivity contribution in [2.45, 2.75) is 58.5 Å². The van der Waals surface area contributed by atoms with E-state index in [0.717, 1.165) is 25.7 Å². The minimum absolute atomic E-state index is 0.138. The van der Waals surface area contributed by atoms with Crippen LogP contribution in [0.4, 0.5) is 0 Å². The van der Waals surface area contributed by atoms with Crippen LogP contribution in [0.2, 0.25) is 0 Å². The quantitative estimate of drug-likeness (QED) is 0.357. The molecule has 0 amide bonds. The minimum Gasteiger partial charge on any atom is -0.469 e. The lowest BCUT2D eigenvalue weighted by Gasteiger charge is -2.25. The van der Waals surface area contributed by atoms with Gasteiger partial charge in [0.05, 0.1) is 18.9 Å². The van der Waals surface area contributed by atoms with Crippen molar-refractivity contribution in [1.82, 2.24) is 0 Å². The van der Waals surface area contributed by atoms with Gasteiger partial charge in [-0.1, -0.05) is 26.2 Å². The van der Waals surface area contributed by atoms with E-state index in [-0.39, 0.29) is 29.5 Å². The summed E-state index contributed by atoms with van der Waals surface area (Å²) in [5.41, 5.74) is -0.0761. The molecule has 0 aromatic carbocycles. The van der Waals surface area contributed by atoms with Crippen LogP contribution >= 0.6 is 0 Å². The summed E-state index contributed by atoms with van der Waals surface area (Å²) in [6.45, 7) is 5.31. The number of hydrogen-bond donors (Lipinski definition) is 2. The summed E-state index contributed by atoms with van der Waals surface area (Å²) in [7, 11) is 1.27. The Kier molecular flexibility index (Phi) is 7.38. The zero-order valence-electron chi connectivity index (χ0n) is 17.1. The molecule has 0 radical (unpaired) electrons. The molecule has 0 saturated heterocycles. The van der Waals surface area contributed by atoms with Crippen molar-refractivity contribution in [2.24, 2.45) is 5.92 Å². The number of allylic oxidation sites excluding steroid dienone is 3. The zero-order valence-corrected chi connectivity index (χ0v) is 17.1. The van der Waals surface area contributed by atoms with Gasteiger partial charge in [0, 0.05) is 29.2 Å². The summed E-state index contributed by atoms with van der Waals surface area (Å²) in [6.07, 6.45) is 8.71. The van der Waals surface area contributed by atoms with Crippen LogP contribution in [0.15, 0.2) is 46.5 Å². The molecule has 28 heavy (non-hydrogen) atoms. The van der Waals surface area contributed by atoms with Gasteiger partial charge in [-0.2, -0.15) is 0 Å². The Labute approximate surface area is 166 Å². The SMILES string of the molecule is COC(=O)C1=C2C=COC(C)=C2C(C)(O)C1=CC(=O)C(C)CCCCCCO. The summed E-state index contributed by atoms with van der Waals surface area (Å²) in [5, 5.41) is 20.0. The number of ether oxygens (including phenoxy) is 2. The molecular formula is C22H30O6. The van der Waals surface area contributed by atoms with E-state index in [1.54, 1.807) is 19.9 Å². The Morgan fingerprint density at radius 3 is 2.61 bits per heavy atom. The highest BCUT2D eigenvalue weighted by Crippen LogP contribution is 2.48. The largest absolute Gasteiger partial charge is 0.469 e. The molecule has 2 N–H and O–H groups in total. The van der Waals surface area contributed by atoms with Crippen LogP contribution in [0.1, 0.15) is 52.9 Å². The Morgan fingerprint density at radius 2 is 1.96 bits per heavy atom. The maximum Gasteiger partial charge on any atom is 0.338 e. The molecule has 2 atom stereocenters. The van der Waals surface area contributed by atoms with E-state index in [1.165, 1.54) is 19.4 Å². The van der Waals surface area contributed by atoms with Crippen molar-refractivity contribution >= 4 is 11.8 Å². The van der Waals surface area contributed by atoms with Crippen LogP contribution in [-0.2, 0) is 19.1 Å². The molecular weight excluding hydrogens is 360 g/mol. The van der Waals surface area contributed by atoms with Gasteiger partial charge in [0.2, 0.25) is 0 Å². The van der Waals surface area contributed by atoms with E-state index in [1.807, 2.05) is 6.92 Å². The summed E-state index contributed by atoms with van der Waals surface area (Å²) in [4.78, 5) is 25.2. The van der Waals surface area contributed by atoms with Gasteiger partial charge in [-0.25, -0.2) is 4.79 Å². The molecule has 0 aromatic heterocycles. The Bertz CT molecular complexity index is 751. The lowest BCUT2D eigenvalue weighted by Crippen LogP contribution is -2.29. The summed E-state index contributed by atoms with van der Waals surface area (Å²) in [5.74, 6) is -0.482. The van der Waals surface area contributed by atoms with E-state index in [9.17, 15) is 14.7 Å². The number of aliphatic hydroxyl groups is 2. The topological polar surface area (TPSA) is 93.1 Å². The number of carbonyl (C=O) groups is 2. The van der Waals surface area contributed by atoms with Crippen LogP contribution in [0, 0.1) is 5.92 Å². The van der Waals surface area contributed by atoms with E-state index < -0.39 is 11.6 Å². The van der Waals surface area contributed by atoms with E-state index in [4.69, 9.17) is 14.6 Å². The molecule has 2 rings (SSSR count). The van der Waals surface area contributed by atoms with Gasteiger partial charge in [0.25, 0.3) is 0 Å². The second kappa shape index (κ2) is 9.34. The molecule has 2 aliphatic rings. The van der Waals surface area contributed by atoms with Crippen LogP contribution in [0.25, 0.3) is 0 Å². The normalized spacial score (nSPS) is 23.7. The molecule has 6 heteroatoms. The maximum atomic E-state index is 12.8. The smallest absolute Gasteiger partial charge is 0.338 e. The Hall–Kier alpha value is -2.18. The predicted molar refractivity (Wildman–Crippen MR) is 105 cm³/mol. The molecule has 0 fully saturated rings. The van der Waals surface area contributed by atoms with Crippen LogP contribution in [0.3, 0.4) is 0 Å². The zero-order chi connectivity index (χ0) is 20.9. The fourth-order valence-electron chi connectivity index (χ4n) is 3.75. The van der Waals surface area contributed by atoms with Gasteiger partial charge in [0.1, 0.15) is 11.4 Å². The van der Waals surface area contributed by atoms with Crippen molar-refractivity contribution in [3.63, 3.8) is 0 Å². The fraction of sp³-hybridized carbons (Fsp3) is 0.545. The molecule has 2 unspecified atom stereocenters. The lowest BCUT2D eigenvalue weighted by molar-refractivity contribution is -0.135. The number of carbonyl (C=O) groups excluding carboxylic acids is 2. The molecule has 0 aromatic rings. The number of hydrogen-bond acceptors (Lipinski definition) is 6. The molecule has 0 bridgehead atoms. The van der Waals surface area contributed by atoms with Crippen molar-refractivity contribution < 1.29 is 29.3 Å². The molecule has 0 saturated carbocycles. The molecule has 154 valence electrons. The summed E-state index contributed by atoms with van der Waals surface area (Å²) >= 11 is 0. The van der Waals surface area contributed by atoms with Crippen LogP contribution < -0.4 is 0 Å². The van der Waals surface area contributed by atoms with Gasteiger partial charge in [-0.15, -0.1) is 0 Å². The fourth-order valence-corrected chi connectivity index (χ4v) is 3.75. The first kappa shape index (κ1) is 22.1. The average Bonchev–Trinajstić information content (AvgIpc) is 2.88. The van der Waals surface area contributed by atoms with E-state index in [2.05, 4.69) is 0 Å². The number of fused-ring (bicyclic) bond motifs is 1. The van der Waals surface area contributed by atoms with Crippen molar-refractivity contribution in [2.75, 3.05) is 13.7 Å². The standard InChI is InChI=1S/C22H30O6/c1-14(9-7-5-6-8-11-23)18(24)13-17-19(21(25)27-4)16-10-12-28-15(2)20(16)22(17,3)26/h10,12-14,23,26H,5-9,11H2,1-4H3. The first-order valence-corrected chi connectivity index (χ1v) is 9.72. The van der Waals surface area contributed by atoms with Gasteiger partial charge in [0.15, 0.2) is 5.78 Å². The van der Waals surface area contributed by atoms with Crippen LogP contribution in [0.5, 0.6) is 0 Å². The Morgan fingerprint density at radius 1 is 1.29 bits per heavy atom. The summed E-state index contributed by atoms with van der Waals surface area (Å²) in [6, 6.07) is 0. The molecule has 1 heterocycles. The number of ketones is 1. The molecule has 6 nitrogen and oxygen atoms in total. The first-order chi connectivity index (χ1) is 13.3. The number of esters is 1. The minimum atomic E-state index is -1.52.